The minimum atomic E-state index is -0.519. The Labute approximate surface area is 135 Å². The molecule has 8 nitrogen and oxygen atoms in total. The van der Waals surface area contributed by atoms with E-state index >= 15 is 0 Å². The highest BCUT2D eigenvalue weighted by atomic mass is 35.5. The van der Waals surface area contributed by atoms with Crippen LogP contribution in [0.3, 0.4) is 0 Å². The van der Waals surface area contributed by atoms with Gasteiger partial charge in [0, 0.05) is 10.6 Å². The molecule has 10 heteroatoms. The van der Waals surface area contributed by atoms with Gasteiger partial charge in [-0.25, -0.2) is 5.10 Å². The predicted octanol–water partition coefficient (Wildman–Crippen LogP) is 0.982. The minimum absolute atomic E-state index is 0.171. The molecule has 2 aromatic rings. The number of aromatic amines is 1. The van der Waals surface area contributed by atoms with Crippen LogP contribution in [0.2, 0.25) is 5.02 Å². The van der Waals surface area contributed by atoms with Crippen LogP contribution >= 0.6 is 23.4 Å². The Morgan fingerprint density at radius 3 is 2.82 bits per heavy atom. The first-order valence-corrected chi connectivity index (χ1v) is 7.42. The van der Waals surface area contributed by atoms with E-state index in [1.807, 2.05) is 0 Å². The molecule has 0 saturated carbocycles. The standard InChI is InChI=1S/C12H13ClN6O2S/c1-6(22-12-15-11(14)18-19-12)9(20)16-17-10(21)7-3-2-4-8(13)5-7/h2-6H,1H3,(H,16,20)(H,17,21)(H3,14,15,18,19)/t6-/m0/s1. The lowest BCUT2D eigenvalue weighted by atomic mass is 10.2. The Hall–Kier alpha value is -2.26. The maximum atomic E-state index is 11.9. The molecule has 116 valence electrons. The molecule has 0 radical (unpaired) electrons. The van der Waals surface area contributed by atoms with Gasteiger partial charge in [0.25, 0.3) is 11.8 Å². The van der Waals surface area contributed by atoms with Gasteiger partial charge in [-0.15, -0.1) is 5.10 Å². The summed E-state index contributed by atoms with van der Waals surface area (Å²) in [6, 6.07) is 6.38. The molecule has 2 rings (SSSR count). The highest BCUT2D eigenvalue weighted by Crippen LogP contribution is 2.19. The molecule has 0 aliphatic rings. The van der Waals surface area contributed by atoms with Crippen molar-refractivity contribution in [2.75, 3.05) is 5.73 Å². The van der Waals surface area contributed by atoms with E-state index in [0.29, 0.717) is 15.7 Å². The second-order valence-electron chi connectivity index (χ2n) is 4.22. The fraction of sp³-hybridized carbons (Fsp3) is 0.167. The fourth-order valence-electron chi connectivity index (χ4n) is 1.44. The average molecular weight is 341 g/mol. The summed E-state index contributed by atoms with van der Waals surface area (Å²) in [5.74, 6) is -0.691. The normalized spacial score (nSPS) is 11.7. The number of nitrogens with zero attached hydrogens (tertiary/aromatic N) is 2. The topological polar surface area (TPSA) is 126 Å². The van der Waals surface area contributed by atoms with Gasteiger partial charge in [0.15, 0.2) is 0 Å². The number of nitrogens with two attached hydrogens (primary N) is 1. The Balaban J connectivity index is 1.85. The van der Waals surface area contributed by atoms with Crippen molar-refractivity contribution < 1.29 is 9.59 Å². The zero-order valence-electron chi connectivity index (χ0n) is 11.5. The van der Waals surface area contributed by atoms with E-state index in [1.54, 1.807) is 25.1 Å². The molecule has 5 N–H and O–H groups in total. The molecule has 0 aliphatic carbocycles. The quantitative estimate of drug-likeness (QED) is 0.485. The summed E-state index contributed by atoms with van der Waals surface area (Å²) in [5, 5.41) is 6.55. The molecule has 0 saturated heterocycles. The van der Waals surface area contributed by atoms with Crippen molar-refractivity contribution in [3.05, 3.63) is 34.9 Å². The van der Waals surface area contributed by atoms with Gasteiger partial charge in [-0.1, -0.05) is 29.4 Å². The lowest BCUT2D eigenvalue weighted by Crippen LogP contribution is -2.44. The smallest absolute Gasteiger partial charge is 0.269 e. The fourth-order valence-corrected chi connectivity index (χ4v) is 2.37. The number of carbonyl (C=O) groups excluding carboxylic acids is 2. The molecule has 1 aromatic carbocycles. The van der Waals surface area contributed by atoms with Crippen molar-refractivity contribution in [2.24, 2.45) is 0 Å². The van der Waals surface area contributed by atoms with Gasteiger partial charge in [0.2, 0.25) is 11.1 Å². The van der Waals surface area contributed by atoms with E-state index in [-0.39, 0.29) is 5.95 Å². The van der Waals surface area contributed by atoms with E-state index in [2.05, 4.69) is 26.0 Å². The summed E-state index contributed by atoms with van der Waals surface area (Å²) >= 11 is 6.90. The van der Waals surface area contributed by atoms with Crippen molar-refractivity contribution in [2.45, 2.75) is 17.3 Å². The van der Waals surface area contributed by atoms with Crippen LogP contribution in [0, 0.1) is 0 Å². The van der Waals surface area contributed by atoms with Gasteiger partial charge < -0.3 is 5.73 Å². The van der Waals surface area contributed by atoms with Crippen molar-refractivity contribution >= 4 is 41.1 Å². The van der Waals surface area contributed by atoms with E-state index in [1.165, 1.54) is 6.07 Å². The van der Waals surface area contributed by atoms with Crippen LogP contribution in [0.5, 0.6) is 0 Å². The summed E-state index contributed by atoms with van der Waals surface area (Å²) in [5.41, 5.74) is 10.4. The van der Waals surface area contributed by atoms with Crippen LogP contribution < -0.4 is 16.6 Å². The highest BCUT2D eigenvalue weighted by molar-refractivity contribution is 8.00. The lowest BCUT2D eigenvalue weighted by Gasteiger charge is -2.11. The first kappa shape index (κ1) is 16.1. The minimum Gasteiger partial charge on any atom is -0.368 e. The molecular formula is C12H13ClN6O2S. The second kappa shape index (κ2) is 7.14. The monoisotopic (exact) mass is 340 g/mol. The number of nitrogen functional groups attached to an aromatic ring is 1. The van der Waals surface area contributed by atoms with Gasteiger partial charge in [-0.3, -0.25) is 20.4 Å². The summed E-state index contributed by atoms with van der Waals surface area (Å²) in [6.07, 6.45) is 0. The number of H-pyrrole nitrogens is 1. The first-order chi connectivity index (χ1) is 10.5. The molecule has 0 spiro atoms. The molecule has 2 amide bonds. The molecule has 22 heavy (non-hydrogen) atoms. The lowest BCUT2D eigenvalue weighted by molar-refractivity contribution is -0.121. The third-order valence-corrected chi connectivity index (χ3v) is 3.72. The van der Waals surface area contributed by atoms with Crippen LogP contribution in [0.4, 0.5) is 5.95 Å². The van der Waals surface area contributed by atoms with Gasteiger partial charge in [0.1, 0.15) is 0 Å². The summed E-state index contributed by atoms with van der Waals surface area (Å²) < 4.78 is 0. The number of hydrogen-bond donors (Lipinski definition) is 4. The number of aromatic nitrogens is 3. The number of anilines is 1. The Morgan fingerprint density at radius 1 is 1.41 bits per heavy atom. The molecule has 0 unspecified atom stereocenters. The number of thioether (sulfide) groups is 1. The van der Waals surface area contributed by atoms with Crippen LogP contribution in [0.1, 0.15) is 17.3 Å². The number of hydrazine groups is 1. The van der Waals surface area contributed by atoms with E-state index in [9.17, 15) is 9.59 Å². The third kappa shape index (κ3) is 4.37. The molecule has 1 aromatic heterocycles. The van der Waals surface area contributed by atoms with Crippen molar-refractivity contribution in [3.8, 4) is 0 Å². The third-order valence-electron chi connectivity index (χ3n) is 2.52. The number of benzene rings is 1. The van der Waals surface area contributed by atoms with Crippen LogP contribution in [0.25, 0.3) is 0 Å². The first-order valence-electron chi connectivity index (χ1n) is 6.16. The number of halogens is 1. The molecule has 0 aliphatic heterocycles. The van der Waals surface area contributed by atoms with E-state index in [4.69, 9.17) is 17.3 Å². The van der Waals surface area contributed by atoms with Gasteiger partial charge >= 0.3 is 0 Å². The number of rotatable bonds is 4. The van der Waals surface area contributed by atoms with Gasteiger partial charge in [0.05, 0.1) is 5.25 Å². The Kier molecular flexibility index (Phi) is 5.23. The number of hydrogen-bond acceptors (Lipinski definition) is 6. The molecule has 0 fully saturated rings. The zero-order valence-corrected chi connectivity index (χ0v) is 13.0. The second-order valence-corrected chi connectivity index (χ2v) is 5.96. The van der Waals surface area contributed by atoms with Crippen LogP contribution in [-0.4, -0.2) is 32.2 Å². The Morgan fingerprint density at radius 2 is 2.18 bits per heavy atom. The molecule has 0 bridgehead atoms. The van der Waals surface area contributed by atoms with Crippen LogP contribution in [-0.2, 0) is 4.79 Å². The highest BCUT2D eigenvalue weighted by Gasteiger charge is 2.17. The molecular weight excluding hydrogens is 328 g/mol. The number of carbonyl (C=O) groups is 2. The number of nitrogens with one attached hydrogen (secondary N) is 3. The van der Waals surface area contributed by atoms with E-state index < -0.39 is 17.1 Å². The van der Waals surface area contributed by atoms with Gasteiger partial charge in [-0.05, 0) is 25.1 Å². The van der Waals surface area contributed by atoms with Gasteiger partial charge in [-0.2, -0.15) is 4.98 Å². The predicted molar refractivity (Wildman–Crippen MR) is 83.2 cm³/mol. The maximum absolute atomic E-state index is 11.9. The molecule has 1 heterocycles. The van der Waals surface area contributed by atoms with Crippen LogP contribution in [0.15, 0.2) is 29.4 Å². The maximum Gasteiger partial charge on any atom is 0.269 e. The zero-order chi connectivity index (χ0) is 16.1. The molecule has 1 atom stereocenters. The average Bonchev–Trinajstić information content (AvgIpc) is 2.89. The summed E-state index contributed by atoms with van der Waals surface area (Å²) in [7, 11) is 0. The Bertz CT molecular complexity index is 692. The summed E-state index contributed by atoms with van der Waals surface area (Å²) in [6.45, 7) is 1.65. The SMILES string of the molecule is C[C@H](Sc1n[nH]c(N)n1)C(=O)NNC(=O)c1cccc(Cl)c1. The van der Waals surface area contributed by atoms with Crippen molar-refractivity contribution in [1.82, 2.24) is 26.0 Å². The summed E-state index contributed by atoms with van der Waals surface area (Å²) in [4.78, 5) is 27.6. The number of amides is 2. The van der Waals surface area contributed by atoms with Crippen molar-refractivity contribution in [3.63, 3.8) is 0 Å². The van der Waals surface area contributed by atoms with Crippen molar-refractivity contribution in [1.29, 1.82) is 0 Å². The largest absolute Gasteiger partial charge is 0.368 e. The van der Waals surface area contributed by atoms with E-state index in [0.717, 1.165) is 11.8 Å².